The summed E-state index contributed by atoms with van der Waals surface area (Å²) < 4.78 is 11.0. The molecule has 2 unspecified atom stereocenters. The molecule has 1 saturated heterocycles. The van der Waals surface area contributed by atoms with E-state index in [1.165, 1.54) is 12.8 Å². The molecule has 0 amide bonds. The molecule has 1 aromatic carbocycles. The Morgan fingerprint density at radius 2 is 1.86 bits per heavy atom. The van der Waals surface area contributed by atoms with Crippen LogP contribution in [0.1, 0.15) is 18.4 Å². The summed E-state index contributed by atoms with van der Waals surface area (Å²) >= 11 is 6.42. The highest BCUT2D eigenvalue weighted by atomic mass is 35.5. The van der Waals surface area contributed by atoms with E-state index >= 15 is 0 Å². The first-order valence-corrected chi connectivity index (χ1v) is 7.91. The third kappa shape index (κ3) is 3.51. The number of hydrogen-bond donors (Lipinski definition) is 1. The first kappa shape index (κ1) is 15.1. The third-order valence-electron chi connectivity index (χ3n) is 4.38. The number of nitrogens with one attached hydrogen (secondary N) is 1. The lowest BCUT2D eigenvalue weighted by molar-refractivity contribution is -0.00461. The summed E-state index contributed by atoms with van der Waals surface area (Å²) in [6.45, 7) is 2.53. The molecule has 0 spiro atoms. The van der Waals surface area contributed by atoms with Crippen LogP contribution in [0.25, 0.3) is 0 Å². The van der Waals surface area contributed by atoms with Crippen molar-refractivity contribution < 1.29 is 9.47 Å². The highest BCUT2D eigenvalue weighted by Crippen LogP contribution is 2.28. The lowest BCUT2D eigenvalue weighted by Gasteiger charge is -2.19. The molecule has 0 radical (unpaired) electrons. The quantitative estimate of drug-likeness (QED) is 0.875. The topological polar surface area (TPSA) is 33.7 Å². The van der Waals surface area contributed by atoms with Gasteiger partial charge in [-0.05, 0) is 30.5 Å². The Morgan fingerprint density at radius 3 is 2.38 bits per heavy atom. The monoisotopic (exact) mass is 310 g/mol. The van der Waals surface area contributed by atoms with Crippen molar-refractivity contribution >= 4 is 17.3 Å². The van der Waals surface area contributed by atoms with Crippen LogP contribution in [0, 0.1) is 0 Å². The Balaban J connectivity index is 1.66. The molecular formula is C16H23ClN2O2. The molecule has 1 heterocycles. The lowest BCUT2D eigenvalue weighted by Crippen LogP contribution is -2.27. The molecule has 2 aliphatic rings. The SMILES string of the molecule is COC1CN(c2ccc(CNC3CC3)c(Cl)c2)CC1OC. The van der Waals surface area contributed by atoms with E-state index in [0.717, 1.165) is 35.9 Å². The molecular weight excluding hydrogens is 288 g/mol. The Bertz CT molecular complexity index is 481. The smallest absolute Gasteiger partial charge is 0.102 e. The Kier molecular flexibility index (Phi) is 4.69. The van der Waals surface area contributed by atoms with Crippen LogP contribution in [0.4, 0.5) is 5.69 Å². The molecule has 21 heavy (non-hydrogen) atoms. The first-order chi connectivity index (χ1) is 10.2. The minimum absolute atomic E-state index is 0.116. The van der Waals surface area contributed by atoms with Crippen LogP contribution >= 0.6 is 11.6 Å². The number of nitrogens with zero attached hydrogens (tertiary/aromatic N) is 1. The second-order valence-corrected chi connectivity index (χ2v) is 6.29. The molecule has 5 heteroatoms. The van der Waals surface area contributed by atoms with Crippen LogP contribution in [0.2, 0.25) is 5.02 Å². The predicted octanol–water partition coefficient (Wildman–Crippen LogP) is 2.44. The summed E-state index contributed by atoms with van der Waals surface area (Å²) in [6.07, 6.45) is 2.82. The van der Waals surface area contributed by atoms with E-state index in [1.807, 2.05) is 0 Å². The molecule has 1 aromatic rings. The fraction of sp³-hybridized carbons (Fsp3) is 0.625. The van der Waals surface area contributed by atoms with Gasteiger partial charge in [-0.15, -0.1) is 0 Å². The van der Waals surface area contributed by atoms with Crippen LogP contribution in [-0.4, -0.2) is 45.6 Å². The summed E-state index contributed by atoms with van der Waals surface area (Å²) in [4.78, 5) is 2.27. The molecule has 1 N–H and O–H groups in total. The molecule has 0 aromatic heterocycles. The minimum atomic E-state index is 0.116. The number of halogens is 1. The van der Waals surface area contributed by atoms with E-state index < -0.39 is 0 Å². The van der Waals surface area contributed by atoms with Gasteiger partial charge in [0, 0.05) is 50.6 Å². The maximum Gasteiger partial charge on any atom is 0.102 e. The molecule has 1 aliphatic carbocycles. The van der Waals surface area contributed by atoms with Crippen molar-refractivity contribution in [1.29, 1.82) is 0 Å². The number of ether oxygens (including phenoxy) is 2. The maximum absolute atomic E-state index is 6.42. The van der Waals surface area contributed by atoms with Crippen molar-refractivity contribution in [2.45, 2.75) is 37.6 Å². The van der Waals surface area contributed by atoms with E-state index in [0.29, 0.717) is 6.04 Å². The van der Waals surface area contributed by atoms with Crippen LogP contribution < -0.4 is 10.2 Å². The van der Waals surface area contributed by atoms with Crippen molar-refractivity contribution in [2.24, 2.45) is 0 Å². The molecule has 1 aliphatic heterocycles. The largest absolute Gasteiger partial charge is 0.377 e. The molecule has 4 nitrogen and oxygen atoms in total. The lowest BCUT2D eigenvalue weighted by atomic mass is 10.2. The van der Waals surface area contributed by atoms with Gasteiger partial charge < -0.3 is 19.7 Å². The highest BCUT2D eigenvalue weighted by Gasteiger charge is 2.33. The van der Waals surface area contributed by atoms with Gasteiger partial charge in [0.05, 0.1) is 0 Å². The molecule has 2 fully saturated rings. The number of hydrogen-bond acceptors (Lipinski definition) is 4. The normalized spacial score (nSPS) is 25.6. The van der Waals surface area contributed by atoms with Gasteiger partial charge in [0.1, 0.15) is 12.2 Å². The fourth-order valence-electron chi connectivity index (χ4n) is 2.83. The van der Waals surface area contributed by atoms with Gasteiger partial charge >= 0.3 is 0 Å². The van der Waals surface area contributed by atoms with Crippen LogP contribution in [0.3, 0.4) is 0 Å². The zero-order valence-corrected chi connectivity index (χ0v) is 13.4. The van der Waals surface area contributed by atoms with Crippen molar-refractivity contribution in [3.05, 3.63) is 28.8 Å². The Labute approximate surface area is 131 Å². The summed E-state index contributed by atoms with van der Waals surface area (Å²) in [7, 11) is 3.47. The minimum Gasteiger partial charge on any atom is -0.377 e. The zero-order valence-electron chi connectivity index (χ0n) is 12.6. The molecule has 1 saturated carbocycles. The summed E-state index contributed by atoms with van der Waals surface area (Å²) in [5, 5.41) is 4.33. The summed E-state index contributed by atoms with van der Waals surface area (Å²) in [5.74, 6) is 0. The van der Waals surface area contributed by atoms with Gasteiger partial charge in [0.25, 0.3) is 0 Å². The van der Waals surface area contributed by atoms with E-state index in [-0.39, 0.29) is 12.2 Å². The van der Waals surface area contributed by atoms with Gasteiger partial charge in [-0.25, -0.2) is 0 Å². The number of anilines is 1. The van der Waals surface area contributed by atoms with Crippen molar-refractivity contribution in [2.75, 3.05) is 32.2 Å². The average Bonchev–Trinajstić information content (AvgIpc) is 3.23. The van der Waals surface area contributed by atoms with Crippen molar-refractivity contribution in [3.8, 4) is 0 Å². The van der Waals surface area contributed by atoms with E-state index in [9.17, 15) is 0 Å². The molecule has 3 rings (SSSR count). The number of rotatable bonds is 6. The van der Waals surface area contributed by atoms with Crippen molar-refractivity contribution in [3.63, 3.8) is 0 Å². The number of methoxy groups -OCH3 is 2. The van der Waals surface area contributed by atoms with Crippen LogP contribution in [-0.2, 0) is 16.0 Å². The molecule has 116 valence electrons. The maximum atomic E-state index is 6.42. The summed E-state index contributed by atoms with van der Waals surface area (Å²) in [6, 6.07) is 7.01. The van der Waals surface area contributed by atoms with Gasteiger partial charge in [0.2, 0.25) is 0 Å². The Hall–Kier alpha value is -0.810. The number of benzene rings is 1. The molecule has 2 atom stereocenters. The second kappa shape index (κ2) is 6.53. The van der Waals surface area contributed by atoms with E-state index in [4.69, 9.17) is 21.1 Å². The predicted molar refractivity (Wildman–Crippen MR) is 85.1 cm³/mol. The van der Waals surface area contributed by atoms with Gasteiger partial charge in [-0.1, -0.05) is 17.7 Å². The Morgan fingerprint density at radius 1 is 1.19 bits per heavy atom. The average molecular weight is 311 g/mol. The van der Waals surface area contributed by atoms with Gasteiger partial charge in [0.15, 0.2) is 0 Å². The highest BCUT2D eigenvalue weighted by molar-refractivity contribution is 6.31. The van der Waals surface area contributed by atoms with Crippen LogP contribution in [0.5, 0.6) is 0 Å². The van der Waals surface area contributed by atoms with E-state index in [2.05, 4.69) is 28.4 Å². The van der Waals surface area contributed by atoms with Crippen LogP contribution in [0.15, 0.2) is 18.2 Å². The first-order valence-electron chi connectivity index (χ1n) is 7.53. The zero-order chi connectivity index (χ0) is 14.8. The van der Waals surface area contributed by atoms with Gasteiger partial charge in [-0.3, -0.25) is 0 Å². The van der Waals surface area contributed by atoms with Crippen molar-refractivity contribution in [1.82, 2.24) is 5.32 Å². The standard InChI is InChI=1S/C16H23ClN2O2/c1-20-15-9-19(10-16(15)21-2)13-6-3-11(14(17)7-13)8-18-12-4-5-12/h3,6-7,12,15-16,18H,4-5,8-10H2,1-2H3. The third-order valence-corrected chi connectivity index (χ3v) is 4.73. The fourth-order valence-corrected chi connectivity index (χ4v) is 3.07. The second-order valence-electron chi connectivity index (χ2n) is 5.88. The van der Waals surface area contributed by atoms with E-state index in [1.54, 1.807) is 14.2 Å². The molecule has 0 bridgehead atoms. The van der Waals surface area contributed by atoms with Gasteiger partial charge in [-0.2, -0.15) is 0 Å². The summed E-state index contributed by atoms with van der Waals surface area (Å²) in [5.41, 5.74) is 2.30.